The van der Waals surface area contributed by atoms with Crippen molar-refractivity contribution in [1.29, 1.82) is 0 Å². The number of carboxylic acids is 3. The summed E-state index contributed by atoms with van der Waals surface area (Å²) in [4.78, 5) is 162. The van der Waals surface area contributed by atoms with Crippen molar-refractivity contribution < 1.29 is 73.2 Å². The molecule has 2 rings (SSSR count). The van der Waals surface area contributed by atoms with Crippen molar-refractivity contribution in [2.75, 3.05) is 6.54 Å². The molecule has 0 aliphatic carbocycles. The molecular formula is C45H72N16O15. The number of H-pyrrole nitrogens is 2. The van der Waals surface area contributed by atoms with Crippen molar-refractivity contribution in [3.05, 3.63) is 36.4 Å². The first kappa shape index (κ1) is 63.9. The van der Waals surface area contributed by atoms with Crippen LogP contribution in [0.5, 0.6) is 0 Å². The second-order valence-electron chi connectivity index (χ2n) is 18.4. The number of carboxylic acid groups (broad SMARTS) is 3. The van der Waals surface area contributed by atoms with Crippen LogP contribution < -0.4 is 59.7 Å². The number of nitrogens with one attached hydrogen (secondary N) is 10. The van der Waals surface area contributed by atoms with E-state index in [1.807, 2.05) is 0 Å². The number of imidazole rings is 2. The van der Waals surface area contributed by atoms with Gasteiger partial charge in [-0.1, -0.05) is 34.1 Å². The summed E-state index contributed by atoms with van der Waals surface area (Å²) in [6, 6.07) is -14.2. The van der Waals surface area contributed by atoms with Crippen molar-refractivity contribution >= 4 is 71.1 Å². The molecule has 31 heteroatoms. The summed E-state index contributed by atoms with van der Waals surface area (Å²) in [7, 11) is 0. The fourth-order valence-electron chi connectivity index (χ4n) is 7.08. The molecule has 422 valence electrons. The Morgan fingerprint density at radius 3 is 1.49 bits per heavy atom. The Hall–Kier alpha value is -8.22. The van der Waals surface area contributed by atoms with Crippen molar-refractivity contribution in [2.45, 2.75) is 153 Å². The quantitative estimate of drug-likeness (QED) is 0.0177. The van der Waals surface area contributed by atoms with Crippen LogP contribution in [0.1, 0.15) is 91.5 Å². The smallest absolute Gasteiger partial charge is 0.326 e. The Balaban J connectivity index is 2.41. The molecule has 0 fully saturated rings. The predicted molar refractivity (Wildman–Crippen MR) is 266 cm³/mol. The highest BCUT2D eigenvalue weighted by molar-refractivity contribution is 5.99. The Kier molecular flexibility index (Phi) is 26.5. The van der Waals surface area contributed by atoms with Crippen LogP contribution in [0.2, 0.25) is 0 Å². The van der Waals surface area contributed by atoms with Crippen LogP contribution in [0, 0.1) is 11.8 Å². The first-order chi connectivity index (χ1) is 35.6. The van der Waals surface area contributed by atoms with E-state index in [1.165, 1.54) is 38.9 Å². The molecule has 76 heavy (non-hydrogen) atoms. The molecule has 0 radical (unpaired) electrons. The van der Waals surface area contributed by atoms with Crippen LogP contribution in [-0.4, -0.2) is 179 Å². The van der Waals surface area contributed by atoms with Crippen LogP contribution in [0.15, 0.2) is 30.0 Å². The molecule has 0 unspecified atom stereocenters. The summed E-state index contributed by atoms with van der Waals surface area (Å²) in [6.07, 6.45) is 1.22. The van der Waals surface area contributed by atoms with E-state index in [0.717, 1.165) is 0 Å². The second kappa shape index (κ2) is 31.5. The molecule has 20 N–H and O–H groups in total. The van der Waals surface area contributed by atoms with Gasteiger partial charge >= 0.3 is 17.9 Å². The maximum atomic E-state index is 14.1. The minimum Gasteiger partial charge on any atom is -0.481 e. The van der Waals surface area contributed by atoms with Gasteiger partial charge in [0.25, 0.3) is 0 Å². The molecule has 2 heterocycles. The lowest BCUT2D eigenvalue weighted by atomic mass is 9.97. The van der Waals surface area contributed by atoms with Crippen molar-refractivity contribution in [3.8, 4) is 0 Å². The molecule has 0 aliphatic rings. The molecule has 2 aromatic rings. The van der Waals surface area contributed by atoms with Crippen molar-refractivity contribution in [3.63, 3.8) is 0 Å². The van der Waals surface area contributed by atoms with Gasteiger partial charge in [0.05, 0.1) is 31.6 Å². The zero-order valence-electron chi connectivity index (χ0n) is 43.0. The molecule has 0 bridgehead atoms. The van der Waals surface area contributed by atoms with Crippen LogP contribution in [-0.2, 0) is 65.6 Å². The number of aliphatic hydroxyl groups is 1. The summed E-state index contributed by atoms with van der Waals surface area (Å²) < 4.78 is 0. The van der Waals surface area contributed by atoms with Gasteiger partial charge in [-0.25, -0.2) is 14.8 Å². The minimum absolute atomic E-state index is 0.0126. The number of aromatic amines is 2. The van der Waals surface area contributed by atoms with E-state index < -0.39 is 151 Å². The van der Waals surface area contributed by atoms with Crippen LogP contribution in [0.3, 0.4) is 0 Å². The van der Waals surface area contributed by atoms with Gasteiger partial charge < -0.3 is 90.1 Å². The Bertz CT molecular complexity index is 2330. The number of carbonyl (C=O) groups excluding carboxylic acids is 8. The van der Waals surface area contributed by atoms with E-state index in [0.29, 0.717) is 12.1 Å². The van der Waals surface area contributed by atoms with E-state index in [4.69, 9.17) is 17.2 Å². The number of amides is 8. The van der Waals surface area contributed by atoms with Crippen LogP contribution in [0.4, 0.5) is 0 Å². The van der Waals surface area contributed by atoms with Gasteiger partial charge in [0, 0.05) is 43.2 Å². The molecule has 0 saturated heterocycles. The molecule has 2 aromatic heterocycles. The number of nitrogens with zero attached hydrogens (tertiary/aromatic N) is 3. The van der Waals surface area contributed by atoms with E-state index in [1.54, 1.807) is 27.7 Å². The van der Waals surface area contributed by atoms with Gasteiger partial charge in [0.1, 0.15) is 54.4 Å². The third-order valence-corrected chi connectivity index (χ3v) is 11.5. The van der Waals surface area contributed by atoms with Crippen LogP contribution in [0.25, 0.3) is 0 Å². The highest BCUT2D eigenvalue weighted by atomic mass is 16.4. The molecule has 31 nitrogen and oxygen atoms in total. The normalized spacial score (nSPS) is 15.4. The number of aromatic nitrogens is 4. The predicted octanol–water partition coefficient (Wildman–Crippen LogP) is -5.30. The summed E-state index contributed by atoms with van der Waals surface area (Å²) in [6.45, 7) is 9.18. The third kappa shape index (κ3) is 22.5. The Labute approximate surface area is 436 Å². The van der Waals surface area contributed by atoms with Gasteiger partial charge in [0.2, 0.25) is 47.3 Å². The second-order valence-corrected chi connectivity index (χ2v) is 18.4. The van der Waals surface area contributed by atoms with Gasteiger partial charge in [-0.3, -0.25) is 52.9 Å². The van der Waals surface area contributed by atoms with Gasteiger partial charge in [-0.2, -0.15) is 0 Å². The lowest BCUT2D eigenvalue weighted by molar-refractivity contribution is -0.143. The Morgan fingerprint density at radius 1 is 0.592 bits per heavy atom. The SMILES string of the molecule is CC[C@H](C)[C@H](NC(=O)[C@H](C)NC(=O)[C@H](CCCN=C(N)N)NC(=O)[C@H](CC(=O)O)NC(=O)[C@H](Cc1cnc[nH]1)NC(=O)[C@H](CC(=O)O)NC(=O)[C@H](CC(C)C)NC(=O)[C@@H](N)[C@@H](C)O)C(=O)N[C@@H](Cc1cnc[nH]1)C(=O)O. The standard InChI is InChI=1S/C45H72N16O15/c1-7-21(4)35(43(74)60-31(44(75)76)13-25-17-50-19-53-25)61-36(67)22(5)54-37(68)26(9-8-10-51-45(47)48)55-40(71)29(14-32(63)64)58-39(70)28(12-24-16-49-18-52-24)56-41(72)30(15-33(65)66)57-38(69)27(11-20(2)3)59-42(73)34(46)23(6)62/h16-23,26-31,34-35,62H,7-15,46H2,1-6H3,(H,49,52)(H,50,53)(H,54,68)(H,55,71)(H,56,72)(H,57,69)(H,58,70)(H,59,73)(H,60,74)(H,61,67)(H,63,64)(H,65,66)(H,75,76)(H4,47,48,51)/t21-,22-,23+,26-,27-,28-,29-,30-,31-,34-,35-/m0/s1. The topological polar surface area (TPSA) is 513 Å². The summed E-state index contributed by atoms with van der Waals surface area (Å²) in [5.41, 5.74) is 17.2. The number of aliphatic hydroxyl groups excluding tert-OH is 1. The van der Waals surface area contributed by atoms with Gasteiger partial charge in [-0.05, 0) is 44.9 Å². The number of rotatable bonds is 34. The number of nitrogens with two attached hydrogens (primary N) is 3. The first-order valence-electron chi connectivity index (χ1n) is 24.2. The molecular weight excluding hydrogens is 1000 g/mol. The van der Waals surface area contributed by atoms with Gasteiger partial charge in [0.15, 0.2) is 5.96 Å². The lowest BCUT2D eigenvalue weighted by Gasteiger charge is -2.28. The summed E-state index contributed by atoms with van der Waals surface area (Å²) in [5.74, 6) is -14.0. The van der Waals surface area contributed by atoms with E-state index >= 15 is 0 Å². The number of hydrogen-bond acceptors (Lipinski definition) is 16. The molecule has 11 atom stereocenters. The molecule has 0 aromatic carbocycles. The number of hydrogen-bond donors (Lipinski definition) is 17. The highest BCUT2D eigenvalue weighted by Gasteiger charge is 2.37. The number of aliphatic imine (C=N–C) groups is 1. The number of guanidine groups is 1. The Morgan fingerprint density at radius 2 is 1.04 bits per heavy atom. The van der Waals surface area contributed by atoms with E-state index in [2.05, 4.69) is 67.5 Å². The monoisotopic (exact) mass is 1080 g/mol. The number of carbonyl (C=O) groups is 11. The lowest BCUT2D eigenvalue weighted by Crippen LogP contribution is -2.61. The summed E-state index contributed by atoms with van der Waals surface area (Å²) in [5, 5.41) is 58.1. The molecule has 0 spiro atoms. The molecule has 0 aliphatic heterocycles. The first-order valence-corrected chi connectivity index (χ1v) is 24.2. The molecule has 8 amide bonds. The minimum atomic E-state index is -1.99. The zero-order valence-corrected chi connectivity index (χ0v) is 43.0. The maximum absolute atomic E-state index is 14.1. The highest BCUT2D eigenvalue weighted by Crippen LogP contribution is 2.12. The maximum Gasteiger partial charge on any atom is 0.326 e. The van der Waals surface area contributed by atoms with Gasteiger partial charge in [-0.15, -0.1) is 0 Å². The fraction of sp³-hybridized carbons (Fsp3) is 0.600. The van der Waals surface area contributed by atoms with E-state index in [-0.39, 0.29) is 49.8 Å². The van der Waals surface area contributed by atoms with Crippen LogP contribution >= 0.6 is 0 Å². The molecule has 0 saturated carbocycles. The van der Waals surface area contributed by atoms with Crippen molar-refractivity contribution in [1.82, 2.24) is 62.5 Å². The summed E-state index contributed by atoms with van der Waals surface area (Å²) >= 11 is 0. The average Bonchev–Trinajstić information content (AvgIpc) is 4.06. The zero-order chi connectivity index (χ0) is 57.4. The van der Waals surface area contributed by atoms with Crippen molar-refractivity contribution in [2.24, 2.45) is 34.0 Å². The third-order valence-electron chi connectivity index (χ3n) is 11.5. The fourth-order valence-corrected chi connectivity index (χ4v) is 7.08. The average molecular weight is 1080 g/mol. The largest absolute Gasteiger partial charge is 0.481 e. The number of aliphatic carboxylic acids is 3. The van der Waals surface area contributed by atoms with E-state index in [9.17, 15) is 73.2 Å².